The molecule has 2 rings (SSSR count). The van der Waals surface area contributed by atoms with Crippen LogP contribution in [0.5, 0.6) is 0 Å². The number of hydrogen-bond donors (Lipinski definition) is 2. The molecule has 8 nitrogen and oxygen atoms in total. The number of rotatable bonds is 5. The Bertz CT molecular complexity index is 660. The summed E-state index contributed by atoms with van der Waals surface area (Å²) in [5.41, 5.74) is -0.000797. The van der Waals surface area contributed by atoms with Crippen molar-refractivity contribution in [2.45, 2.75) is 6.92 Å². The molecule has 0 aliphatic rings. The van der Waals surface area contributed by atoms with Crippen molar-refractivity contribution in [3.8, 4) is 0 Å². The van der Waals surface area contributed by atoms with Crippen molar-refractivity contribution in [3.63, 3.8) is 0 Å². The van der Waals surface area contributed by atoms with Gasteiger partial charge in [-0.3, -0.25) is 14.9 Å². The van der Waals surface area contributed by atoms with Crippen LogP contribution in [0.3, 0.4) is 0 Å². The van der Waals surface area contributed by atoms with Crippen LogP contribution in [0.4, 0.5) is 17.2 Å². The van der Waals surface area contributed by atoms with Crippen LogP contribution >= 0.6 is 0 Å². The summed E-state index contributed by atoms with van der Waals surface area (Å²) in [7, 11) is 0. The molecule has 0 spiro atoms. The third kappa shape index (κ3) is 3.30. The van der Waals surface area contributed by atoms with Gasteiger partial charge in [-0.2, -0.15) is 5.10 Å². The lowest BCUT2D eigenvalue weighted by molar-refractivity contribution is -0.384. The lowest BCUT2D eigenvalue weighted by Gasteiger charge is -2.08. The largest absolute Gasteiger partial charge is 0.380 e. The van der Waals surface area contributed by atoms with Crippen LogP contribution in [-0.2, 0) is 0 Å². The maximum absolute atomic E-state index is 12.2. The van der Waals surface area contributed by atoms with Gasteiger partial charge in [0, 0.05) is 12.7 Å². The minimum atomic E-state index is -0.609. The lowest BCUT2D eigenvalue weighted by Crippen LogP contribution is -2.16. The number of hydrogen-bond acceptors (Lipinski definition) is 6. The van der Waals surface area contributed by atoms with Crippen LogP contribution in [0.2, 0.25) is 0 Å². The Hall–Kier alpha value is -3.03. The molecule has 0 saturated carbocycles. The number of nitro benzene ring substituents is 1. The zero-order valence-corrected chi connectivity index (χ0v) is 11.2. The SMILES string of the molecule is CCNc1cccc(C(=O)Nc2cccnn2)c1[N+](=O)[O-]. The van der Waals surface area contributed by atoms with Crippen molar-refractivity contribution in [1.82, 2.24) is 10.2 Å². The van der Waals surface area contributed by atoms with Gasteiger partial charge in [-0.25, -0.2) is 0 Å². The number of benzene rings is 1. The molecule has 0 aliphatic carbocycles. The Labute approximate surface area is 120 Å². The lowest BCUT2D eigenvalue weighted by atomic mass is 10.1. The van der Waals surface area contributed by atoms with Gasteiger partial charge >= 0.3 is 5.69 Å². The summed E-state index contributed by atoms with van der Waals surface area (Å²) >= 11 is 0. The van der Waals surface area contributed by atoms with Crippen LogP contribution in [0.25, 0.3) is 0 Å². The molecule has 0 unspecified atom stereocenters. The first-order chi connectivity index (χ1) is 10.1. The topological polar surface area (TPSA) is 110 Å². The van der Waals surface area contributed by atoms with Crippen molar-refractivity contribution >= 4 is 23.1 Å². The number of carbonyl (C=O) groups excluding carboxylic acids is 1. The second-order valence-electron chi connectivity index (χ2n) is 4.05. The van der Waals surface area contributed by atoms with Gasteiger partial charge in [0.25, 0.3) is 5.91 Å². The molecule has 0 aliphatic heterocycles. The van der Waals surface area contributed by atoms with E-state index in [0.29, 0.717) is 12.2 Å². The zero-order valence-electron chi connectivity index (χ0n) is 11.2. The number of nitrogens with zero attached hydrogens (tertiary/aromatic N) is 3. The van der Waals surface area contributed by atoms with E-state index in [1.165, 1.54) is 12.3 Å². The van der Waals surface area contributed by atoms with Crippen LogP contribution < -0.4 is 10.6 Å². The Morgan fingerprint density at radius 2 is 2.14 bits per heavy atom. The standard InChI is InChI=1S/C13H13N5O3/c1-2-14-10-6-3-5-9(12(10)18(20)21)13(19)16-11-7-4-8-15-17-11/h3-8,14H,2H2,1H3,(H,16,17,19). The highest BCUT2D eigenvalue weighted by atomic mass is 16.6. The van der Waals surface area contributed by atoms with Gasteiger partial charge in [0.2, 0.25) is 0 Å². The molecule has 21 heavy (non-hydrogen) atoms. The molecule has 0 radical (unpaired) electrons. The maximum atomic E-state index is 12.2. The molecule has 0 atom stereocenters. The molecule has 0 bridgehead atoms. The fourth-order valence-corrected chi connectivity index (χ4v) is 1.81. The zero-order chi connectivity index (χ0) is 15.2. The first kappa shape index (κ1) is 14.4. The van der Waals surface area contributed by atoms with Crippen molar-refractivity contribution in [1.29, 1.82) is 0 Å². The number of amides is 1. The predicted octanol–water partition coefficient (Wildman–Crippen LogP) is 2.07. The first-order valence-electron chi connectivity index (χ1n) is 6.23. The van der Waals surface area contributed by atoms with E-state index in [1.54, 1.807) is 24.3 Å². The molecule has 1 aromatic carbocycles. The molecule has 2 aromatic rings. The summed E-state index contributed by atoms with van der Waals surface area (Å²) in [6, 6.07) is 7.68. The van der Waals surface area contributed by atoms with Gasteiger partial charge in [0.05, 0.1) is 4.92 Å². The monoisotopic (exact) mass is 287 g/mol. The third-order valence-corrected chi connectivity index (χ3v) is 2.64. The highest BCUT2D eigenvalue weighted by Crippen LogP contribution is 2.29. The van der Waals surface area contributed by atoms with E-state index in [0.717, 1.165) is 0 Å². The number of nitrogens with one attached hydrogen (secondary N) is 2. The molecule has 1 aromatic heterocycles. The highest BCUT2D eigenvalue weighted by molar-refractivity contribution is 6.08. The second kappa shape index (κ2) is 6.42. The second-order valence-corrected chi connectivity index (χ2v) is 4.05. The van der Waals surface area contributed by atoms with Gasteiger partial charge in [-0.05, 0) is 31.2 Å². The number of para-hydroxylation sites is 1. The summed E-state index contributed by atoms with van der Waals surface area (Å²) in [6.07, 6.45) is 1.46. The first-order valence-corrected chi connectivity index (χ1v) is 6.23. The number of carbonyl (C=O) groups is 1. The molecular formula is C13H13N5O3. The summed E-state index contributed by atoms with van der Waals surface area (Å²) < 4.78 is 0. The molecule has 1 amide bonds. The van der Waals surface area contributed by atoms with Crippen LogP contribution in [0.15, 0.2) is 36.5 Å². The number of nitro groups is 1. The van der Waals surface area contributed by atoms with Gasteiger partial charge in [-0.1, -0.05) is 6.07 Å². The van der Waals surface area contributed by atoms with E-state index in [4.69, 9.17) is 0 Å². The van der Waals surface area contributed by atoms with Crippen LogP contribution in [0.1, 0.15) is 17.3 Å². The smallest absolute Gasteiger partial charge is 0.305 e. The van der Waals surface area contributed by atoms with Gasteiger partial charge in [-0.15, -0.1) is 5.10 Å². The van der Waals surface area contributed by atoms with Crippen LogP contribution in [0, 0.1) is 10.1 Å². The van der Waals surface area contributed by atoms with Crippen molar-refractivity contribution in [2.75, 3.05) is 17.2 Å². The van der Waals surface area contributed by atoms with Gasteiger partial charge < -0.3 is 10.6 Å². The fraction of sp³-hybridized carbons (Fsp3) is 0.154. The molecule has 0 saturated heterocycles. The summed E-state index contributed by atoms with van der Waals surface area (Å²) in [6.45, 7) is 2.33. The quantitative estimate of drug-likeness (QED) is 0.643. The van der Waals surface area contributed by atoms with E-state index >= 15 is 0 Å². The Morgan fingerprint density at radius 3 is 2.76 bits per heavy atom. The summed E-state index contributed by atoms with van der Waals surface area (Å²) in [5.74, 6) is -0.382. The maximum Gasteiger partial charge on any atom is 0.305 e. The Morgan fingerprint density at radius 1 is 1.33 bits per heavy atom. The van der Waals surface area contributed by atoms with Crippen molar-refractivity contribution < 1.29 is 9.72 Å². The predicted molar refractivity (Wildman–Crippen MR) is 77.2 cm³/mol. The Kier molecular flexibility index (Phi) is 4.39. The van der Waals surface area contributed by atoms with Gasteiger partial charge in [0.15, 0.2) is 5.82 Å². The number of aromatic nitrogens is 2. The molecule has 2 N–H and O–H groups in total. The van der Waals surface area contributed by atoms with Crippen molar-refractivity contribution in [2.24, 2.45) is 0 Å². The normalized spacial score (nSPS) is 9.95. The van der Waals surface area contributed by atoms with E-state index < -0.39 is 10.8 Å². The highest BCUT2D eigenvalue weighted by Gasteiger charge is 2.24. The van der Waals surface area contributed by atoms with E-state index in [2.05, 4.69) is 20.8 Å². The van der Waals surface area contributed by atoms with E-state index in [1.807, 2.05) is 6.92 Å². The van der Waals surface area contributed by atoms with Gasteiger partial charge in [0.1, 0.15) is 11.3 Å². The minimum Gasteiger partial charge on any atom is -0.380 e. The average Bonchev–Trinajstić information content (AvgIpc) is 2.48. The molecule has 108 valence electrons. The van der Waals surface area contributed by atoms with E-state index in [-0.39, 0.29) is 17.1 Å². The molecular weight excluding hydrogens is 274 g/mol. The van der Waals surface area contributed by atoms with Crippen LogP contribution in [-0.4, -0.2) is 27.6 Å². The Balaban J connectivity index is 2.36. The molecule has 1 heterocycles. The van der Waals surface area contributed by atoms with Crippen molar-refractivity contribution in [3.05, 3.63) is 52.2 Å². The summed E-state index contributed by atoms with van der Waals surface area (Å²) in [4.78, 5) is 22.8. The number of anilines is 2. The summed E-state index contributed by atoms with van der Waals surface area (Å²) in [5, 5.41) is 23.9. The average molecular weight is 287 g/mol. The van der Waals surface area contributed by atoms with E-state index in [9.17, 15) is 14.9 Å². The molecule has 0 fully saturated rings. The molecule has 8 heteroatoms. The minimum absolute atomic E-state index is 0.0379. The fourth-order valence-electron chi connectivity index (χ4n) is 1.81. The third-order valence-electron chi connectivity index (χ3n) is 2.64.